The van der Waals surface area contributed by atoms with Gasteiger partial charge in [-0.15, -0.1) is 0 Å². The van der Waals surface area contributed by atoms with E-state index in [-0.39, 0.29) is 0 Å². The minimum atomic E-state index is -3.35. The Labute approximate surface area is 154 Å². The topological polar surface area (TPSA) is 49.4 Å². The Balaban J connectivity index is 1.58. The zero-order valence-corrected chi connectivity index (χ0v) is 15.7. The Bertz CT molecular complexity index is 800. The summed E-state index contributed by atoms with van der Waals surface area (Å²) in [7, 11) is -3.35. The third kappa shape index (κ3) is 4.82. The van der Waals surface area contributed by atoms with Crippen LogP contribution < -0.4 is 5.32 Å². The van der Waals surface area contributed by atoms with Crippen LogP contribution in [0.15, 0.2) is 53.4 Å². The molecule has 134 valence electrons. The van der Waals surface area contributed by atoms with Gasteiger partial charge in [-0.3, -0.25) is 0 Å². The molecule has 0 atom stereocenters. The monoisotopic (exact) mass is 378 g/mol. The number of halogens is 1. The van der Waals surface area contributed by atoms with Gasteiger partial charge in [-0.05, 0) is 48.2 Å². The average molecular weight is 379 g/mol. The van der Waals surface area contributed by atoms with Crippen molar-refractivity contribution in [2.45, 2.75) is 37.2 Å². The van der Waals surface area contributed by atoms with Crippen LogP contribution in [0.1, 0.15) is 30.4 Å². The highest BCUT2D eigenvalue weighted by Gasteiger charge is 2.25. The summed E-state index contributed by atoms with van der Waals surface area (Å²) < 4.78 is 26.9. The molecule has 3 rings (SSSR count). The Hall–Kier alpha value is -1.40. The van der Waals surface area contributed by atoms with E-state index in [1.54, 1.807) is 16.4 Å². The normalized spacial score (nSPS) is 16.0. The number of hydrogen-bond donors (Lipinski definition) is 1. The number of rotatable bonds is 6. The molecule has 0 amide bonds. The molecule has 0 saturated carbocycles. The van der Waals surface area contributed by atoms with E-state index in [9.17, 15) is 8.42 Å². The van der Waals surface area contributed by atoms with E-state index in [2.05, 4.69) is 5.32 Å². The average Bonchev–Trinajstić information content (AvgIpc) is 2.63. The van der Waals surface area contributed by atoms with E-state index in [0.29, 0.717) is 31.1 Å². The molecule has 6 heteroatoms. The summed E-state index contributed by atoms with van der Waals surface area (Å²) in [6.45, 7) is 2.65. The first-order valence-corrected chi connectivity index (χ1v) is 10.4. The van der Waals surface area contributed by atoms with E-state index in [0.717, 1.165) is 35.4 Å². The van der Waals surface area contributed by atoms with Crippen LogP contribution in [0.3, 0.4) is 0 Å². The molecule has 2 aromatic carbocycles. The quantitative estimate of drug-likeness (QED) is 0.831. The lowest BCUT2D eigenvalue weighted by atomic mass is 10.2. The molecule has 1 aliphatic rings. The molecular weight excluding hydrogens is 356 g/mol. The van der Waals surface area contributed by atoms with Gasteiger partial charge in [0, 0.05) is 31.2 Å². The van der Waals surface area contributed by atoms with Crippen LogP contribution in [0.5, 0.6) is 0 Å². The first-order chi connectivity index (χ1) is 12.1. The van der Waals surface area contributed by atoms with Gasteiger partial charge >= 0.3 is 0 Å². The van der Waals surface area contributed by atoms with Gasteiger partial charge in [0.2, 0.25) is 10.0 Å². The molecule has 2 aromatic rings. The number of piperidine rings is 1. The summed E-state index contributed by atoms with van der Waals surface area (Å²) in [6, 6.07) is 14.9. The van der Waals surface area contributed by atoms with E-state index in [1.165, 1.54) is 0 Å². The predicted octanol–water partition coefficient (Wildman–Crippen LogP) is 3.80. The van der Waals surface area contributed by atoms with Crippen LogP contribution in [0, 0.1) is 0 Å². The van der Waals surface area contributed by atoms with Gasteiger partial charge in [0.25, 0.3) is 0 Å². The second kappa shape index (κ2) is 8.32. The first kappa shape index (κ1) is 18.4. The van der Waals surface area contributed by atoms with Gasteiger partial charge in [0.15, 0.2) is 0 Å². The van der Waals surface area contributed by atoms with E-state index in [1.807, 2.05) is 36.4 Å². The lowest BCUT2D eigenvalue weighted by Gasteiger charge is -2.25. The maximum atomic E-state index is 12.6. The molecule has 0 aromatic heterocycles. The maximum absolute atomic E-state index is 12.6. The molecule has 1 N–H and O–H groups in total. The fourth-order valence-corrected chi connectivity index (χ4v) is 4.76. The van der Waals surface area contributed by atoms with E-state index < -0.39 is 10.0 Å². The summed E-state index contributed by atoms with van der Waals surface area (Å²) in [6.07, 6.45) is 3.01. The number of hydrogen-bond acceptors (Lipinski definition) is 3. The van der Waals surface area contributed by atoms with Crippen LogP contribution in [0.2, 0.25) is 5.02 Å². The molecular formula is C19H23ClN2O2S. The van der Waals surface area contributed by atoms with Gasteiger partial charge < -0.3 is 5.32 Å². The molecule has 0 bridgehead atoms. The highest BCUT2D eigenvalue weighted by molar-refractivity contribution is 7.89. The van der Waals surface area contributed by atoms with Crippen molar-refractivity contribution in [1.29, 1.82) is 0 Å². The smallest absolute Gasteiger partial charge is 0.243 e. The fourth-order valence-electron chi connectivity index (χ4n) is 3.03. The van der Waals surface area contributed by atoms with Crippen molar-refractivity contribution in [2.75, 3.05) is 13.1 Å². The van der Waals surface area contributed by atoms with Crippen LogP contribution in [-0.4, -0.2) is 25.8 Å². The van der Waals surface area contributed by atoms with Crippen LogP contribution >= 0.6 is 11.6 Å². The summed E-state index contributed by atoms with van der Waals surface area (Å²) in [4.78, 5) is 0.382. The van der Waals surface area contributed by atoms with Crippen LogP contribution in [0.4, 0.5) is 0 Å². The first-order valence-electron chi connectivity index (χ1n) is 8.60. The van der Waals surface area contributed by atoms with Gasteiger partial charge in [-0.2, -0.15) is 4.31 Å². The predicted molar refractivity (Wildman–Crippen MR) is 101 cm³/mol. The summed E-state index contributed by atoms with van der Waals surface area (Å²) >= 11 is 5.98. The van der Waals surface area contributed by atoms with Gasteiger partial charge in [0.1, 0.15) is 0 Å². The van der Waals surface area contributed by atoms with E-state index in [4.69, 9.17) is 11.6 Å². The summed E-state index contributed by atoms with van der Waals surface area (Å²) in [5.74, 6) is 0. The SMILES string of the molecule is O=S(=O)(c1ccc(CNCc2cccc(Cl)c2)cc1)N1CCCCC1. The van der Waals surface area contributed by atoms with Crippen molar-refractivity contribution in [3.63, 3.8) is 0 Å². The molecule has 1 saturated heterocycles. The van der Waals surface area contributed by atoms with Crippen LogP contribution in [0.25, 0.3) is 0 Å². The zero-order valence-electron chi connectivity index (χ0n) is 14.1. The molecule has 0 unspecified atom stereocenters. The molecule has 1 heterocycles. The van der Waals surface area contributed by atoms with Crippen molar-refractivity contribution in [1.82, 2.24) is 9.62 Å². The molecule has 1 aliphatic heterocycles. The number of nitrogens with one attached hydrogen (secondary N) is 1. The number of benzene rings is 2. The number of nitrogens with zero attached hydrogens (tertiary/aromatic N) is 1. The lowest BCUT2D eigenvalue weighted by Crippen LogP contribution is -2.35. The Morgan fingerprint density at radius 1 is 0.920 bits per heavy atom. The number of sulfonamides is 1. The second-order valence-corrected chi connectivity index (χ2v) is 8.72. The highest BCUT2D eigenvalue weighted by atomic mass is 35.5. The minimum Gasteiger partial charge on any atom is -0.309 e. The van der Waals surface area contributed by atoms with Gasteiger partial charge in [0.05, 0.1) is 4.90 Å². The Morgan fingerprint density at radius 3 is 2.28 bits per heavy atom. The molecule has 0 radical (unpaired) electrons. The fraction of sp³-hybridized carbons (Fsp3) is 0.368. The van der Waals surface area contributed by atoms with Crippen molar-refractivity contribution in [3.05, 3.63) is 64.7 Å². The third-order valence-electron chi connectivity index (χ3n) is 4.42. The van der Waals surface area contributed by atoms with Crippen molar-refractivity contribution < 1.29 is 8.42 Å². The largest absolute Gasteiger partial charge is 0.309 e. The third-order valence-corrected chi connectivity index (χ3v) is 6.57. The summed E-state index contributed by atoms with van der Waals surface area (Å²) in [5, 5.41) is 4.08. The van der Waals surface area contributed by atoms with Crippen LogP contribution in [-0.2, 0) is 23.1 Å². The highest BCUT2D eigenvalue weighted by Crippen LogP contribution is 2.21. The molecule has 4 nitrogen and oxygen atoms in total. The Morgan fingerprint density at radius 2 is 1.60 bits per heavy atom. The Kier molecular flexibility index (Phi) is 6.12. The molecule has 0 aliphatic carbocycles. The molecule has 1 fully saturated rings. The minimum absolute atomic E-state index is 0.382. The van der Waals surface area contributed by atoms with E-state index >= 15 is 0 Å². The van der Waals surface area contributed by atoms with Crippen molar-refractivity contribution in [2.24, 2.45) is 0 Å². The maximum Gasteiger partial charge on any atom is 0.243 e. The lowest BCUT2D eigenvalue weighted by molar-refractivity contribution is 0.346. The molecule has 0 spiro atoms. The van der Waals surface area contributed by atoms with Gasteiger partial charge in [-0.1, -0.05) is 42.3 Å². The second-order valence-electron chi connectivity index (χ2n) is 6.34. The van der Waals surface area contributed by atoms with Gasteiger partial charge in [-0.25, -0.2) is 8.42 Å². The van der Waals surface area contributed by atoms with Crippen molar-refractivity contribution in [3.8, 4) is 0 Å². The molecule has 25 heavy (non-hydrogen) atoms. The van der Waals surface area contributed by atoms with Crippen molar-refractivity contribution >= 4 is 21.6 Å². The standard InChI is InChI=1S/C19H23ClN2O2S/c20-18-6-4-5-17(13-18)15-21-14-16-7-9-19(10-8-16)25(23,24)22-11-2-1-3-12-22/h4-10,13,21H,1-3,11-12,14-15H2. The summed E-state index contributed by atoms with van der Waals surface area (Å²) in [5.41, 5.74) is 2.18. The zero-order chi connectivity index (χ0) is 17.7.